The van der Waals surface area contributed by atoms with Crippen molar-refractivity contribution in [1.29, 1.82) is 0 Å². The molecule has 0 radical (unpaired) electrons. The number of hydrogen-bond acceptors (Lipinski definition) is 3. The average molecular weight is 433 g/mol. The van der Waals surface area contributed by atoms with E-state index in [1.165, 1.54) is 17.3 Å². The molecule has 1 N–H and O–H groups in total. The molecule has 6 heteroatoms. The van der Waals surface area contributed by atoms with Crippen LogP contribution in [0.5, 0.6) is 0 Å². The number of nitrogens with one attached hydrogen (secondary N) is 1. The largest absolute Gasteiger partial charge is 0.324 e. The number of nitrogens with zero attached hydrogens (tertiary/aromatic N) is 1. The summed E-state index contributed by atoms with van der Waals surface area (Å²) in [6.45, 7) is 8.24. The molecule has 3 aromatic rings. The lowest BCUT2D eigenvalue weighted by atomic mass is 10.0. The van der Waals surface area contributed by atoms with Crippen molar-refractivity contribution < 1.29 is 4.79 Å². The van der Waals surface area contributed by atoms with Gasteiger partial charge in [-0.05, 0) is 68.7 Å². The highest BCUT2D eigenvalue weighted by atomic mass is 35.5. The van der Waals surface area contributed by atoms with E-state index in [4.69, 9.17) is 28.2 Å². The molecule has 0 saturated carbocycles. The van der Waals surface area contributed by atoms with Gasteiger partial charge in [-0.1, -0.05) is 53.5 Å². The van der Waals surface area contributed by atoms with Crippen LogP contribution in [0.3, 0.4) is 0 Å². The normalized spacial score (nSPS) is 12.2. The average Bonchev–Trinajstić information content (AvgIpc) is 2.63. The molecular weight excluding hydrogens is 411 g/mol. The van der Waals surface area contributed by atoms with Gasteiger partial charge in [-0.3, -0.25) is 4.79 Å². The van der Waals surface area contributed by atoms with E-state index in [0.717, 1.165) is 27.1 Å². The Balaban J connectivity index is 1.85. The molecule has 0 bridgehead atoms. The summed E-state index contributed by atoms with van der Waals surface area (Å²) < 4.78 is 0. The SMILES string of the molecule is CCC(Sc1cc(C)c2cc(C)cc(C)c2n1)C(=O)Nc1ccc(Cl)cc1Cl. The lowest BCUT2D eigenvalue weighted by Gasteiger charge is -2.16. The molecule has 2 aromatic carbocycles. The molecule has 3 rings (SSSR count). The Morgan fingerprint density at radius 3 is 2.54 bits per heavy atom. The molecule has 1 heterocycles. The molecular formula is C22H22Cl2N2OS. The minimum Gasteiger partial charge on any atom is -0.324 e. The first-order chi connectivity index (χ1) is 13.3. The second-order valence-electron chi connectivity index (χ2n) is 6.88. The van der Waals surface area contributed by atoms with Gasteiger partial charge in [0.1, 0.15) is 0 Å². The number of halogens is 2. The lowest BCUT2D eigenvalue weighted by Crippen LogP contribution is -2.24. The number of hydrogen-bond donors (Lipinski definition) is 1. The van der Waals surface area contributed by atoms with Crippen LogP contribution in [0.2, 0.25) is 10.0 Å². The summed E-state index contributed by atoms with van der Waals surface area (Å²) in [6, 6.07) is 11.4. The Morgan fingerprint density at radius 2 is 1.86 bits per heavy atom. The van der Waals surface area contributed by atoms with Crippen molar-refractivity contribution in [3.05, 3.63) is 63.1 Å². The van der Waals surface area contributed by atoms with Crippen LogP contribution >= 0.6 is 35.0 Å². The van der Waals surface area contributed by atoms with Gasteiger partial charge in [0.15, 0.2) is 0 Å². The minimum atomic E-state index is -0.276. The predicted molar refractivity (Wildman–Crippen MR) is 121 cm³/mol. The number of anilines is 1. The molecule has 0 spiro atoms. The lowest BCUT2D eigenvalue weighted by molar-refractivity contribution is -0.115. The van der Waals surface area contributed by atoms with Crippen LogP contribution in [0.1, 0.15) is 30.0 Å². The van der Waals surface area contributed by atoms with Crippen molar-refractivity contribution >= 4 is 57.5 Å². The molecule has 1 unspecified atom stereocenters. The van der Waals surface area contributed by atoms with E-state index >= 15 is 0 Å². The molecule has 146 valence electrons. The second-order valence-corrected chi connectivity index (χ2v) is 8.95. The number of thioether (sulfide) groups is 1. The third kappa shape index (κ3) is 4.62. The molecule has 0 aliphatic carbocycles. The molecule has 1 amide bonds. The van der Waals surface area contributed by atoms with Crippen LogP contribution < -0.4 is 5.32 Å². The van der Waals surface area contributed by atoms with Gasteiger partial charge in [0, 0.05) is 10.4 Å². The molecule has 0 aliphatic heterocycles. The third-order valence-corrected chi connectivity index (χ3v) is 6.38. The summed E-state index contributed by atoms with van der Waals surface area (Å²) in [6.07, 6.45) is 0.674. The first kappa shape index (κ1) is 21.0. The second kappa shape index (κ2) is 8.73. The zero-order valence-corrected chi connectivity index (χ0v) is 18.6. The summed E-state index contributed by atoms with van der Waals surface area (Å²) in [7, 11) is 0. The van der Waals surface area contributed by atoms with Crippen LogP contribution in [0, 0.1) is 20.8 Å². The van der Waals surface area contributed by atoms with Crippen LogP contribution in [0.4, 0.5) is 5.69 Å². The van der Waals surface area contributed by atoms with Gasteiger partial charge in [0.25, 0.3) is 0 Å². The van der Waals surface area contributed by atoms with Crippen LogP contribution in [0.25, 0.3) is 10.9 Å². The van der Waals surface area contributed by atoms with Gasteiger partial charge in [-0.25, -0.2) is 4.98 Å². The Labute approximate surface area is 179 Å². The van der Waals surface area contributed by atoms with Crippen molar-refractivity contribution in [1.82, 2.24) is 4.98 Å². The minimum absolute atomic E-state index is 0.100. The molecule has 1 aromatic heterocycles. The fourth-order valence-corrected chi connectivity index (χ4v) is 4.62. The molecule has 0 aliphatic rings. The van der Waals surface area contributed by atoms with Gasteiger partial charge in [-0.2, -0.15) is 0 Å². The fraction of sp³-hybridized carbons (Fsp3) is 0.273. The number of fused-ring (bicyclic) bond motifs is 1. The van der Waals surface area contributed by atoms with Crippen molar-refractivity contribution in [2.75, 3.05) is 5.32 Å². The summed E-state index contributed by atoms with van der Waals surface area (Å²) in [4.78, 5) is 17.6. The maximum Gasteiger partial charge on any atom is 0.237 e. The highest BCUT2D eigenvalue weighted by Crippen LogP contribution is 2.31. The van der Waals surface area contributed by atoms with E-state index in [9.17, 15) is 4.79 Å². The van der Waals surface area contributed by atoms with Crippen molar-refractivity contribution in [3.63, 3.8) is 0 Å². The van der Waals surface area contributed by atoms with Crippen molar-refractivity contribution in [2.45, 2.75) is 44.4 Å². The van der Waals surface area contributed by atoms with Crippen LogP contribution in [0.15, 0.2) is 41.4 Å². The summed E-state index contributed by atoms with van der Waals surface area (Å²) in [5.41, 5.74) is 5.08. The van der Waals surface area contributed by atoms with Crippen molar-refractivity contribution in [2.24, 2.45) is 0 Å². The molecule has 0 saturated heterocycles. The van der Waals surface area contributed by atoms with Gasteiger partial charge in [0.2, 0.25) is 5.91 Å². The zero-order chi connectivity index (χ0) is 20.4. The topological polar surface area (TPSA) is 42.0 Å². The van der Waals surface area contributed by atoms with Gasteiger partial charge < -0.3 is 5.32 Å². The van der Waals surface area contributed by atoms with Gasteiger partial charge >= 0.3 is 0 Å². The number of pyridine rings is 1. The quantitative estimate of drug-likeness (QED) is 0.442. The van der Waals surface area contributed by atoms with E-state index in [0.29, 0.717) is 22.2 Å². The Hall–Kier alpha value is -1.75. The maximum atomic E-state index is 12.8. The summed E-state index contributed by atoms with van der Waals surface area (Å²) >= 11 is 13.6. The summed E-state index contributed by atoms with van der Waals surface area (Å²) in [5.74, 6) is -0.100. The predicted octanol–water partition coefficient (Wildman–Crippen LogP) is 6.98. The Bertz CT molecular complexity index is 1050. The molecule has 3 nitrogen and oxygen atoms in total. The van der Waals surface area contributed by atoms with Crippen molar-refractivity contribution in [3.8, 4) is 0 Å². The zero-order valence-electron chi connectivity index (χ0n) is 16.3. The standard InChI is InChI=1S/C22H22Cl2N2OS/c1-5-19(22(27)25-18-7-6-15(23)11-17(18)24)28-20-10-13(3)16-9-12(2)8-14(4)21(16)26-20/h6-11,19H,5H2,1-4H3,(H,25,27). The number of benzene rings is 2. The first-order valence-electron chi connectivity index (χ1n) is 9.09. The van der Waals surface area contributed by atoms with Gasteiger partial charge in [-0.15, -0.1) is 0 Å². The fourth-order valence-electron chi connectivity index (χ4n) is 3.15. The monoisotopic (exact) mass is 432 g/mol. The maximum absolute atomic E-state index is 12.8. The smallest absolute Gasteiger partial charge is 0.237 e. The first-order valence-corrected chi connectivity index (χ1v) is 10.7. The highest BCUT2D eigenvalue weighted by Gasteiger charge is 2.20. The van der Waals surface area contributed by atoms with Crippen LogP contribution in [-0.4, -0.2) is 16.1 Å². The highest BCUT2D eigenvalue weighted by molar-refractivity contribution is 8.00. The number of carbonyl (C=O) groups is 1. The van der Waals surface area contributed by atoms with E-state index in [1.807, 2.05) is 6.92 Å². The molecule has 0 fully saturated rings. The van der Waals surface area contributed by atoms with E-state index in [2.05, 4.69) is 44.3 Å². The van der Waals surface area contributed by atoms with Gasteiger partial charge in [0.05, 0.1) is 26.5 Å². The Morgan fingerprint density at radius 1 is 1.11 bits per heavy atom. The number of rotatable bonds is 5. The number of amides is 1. The molecule has 28 heavy (non-hydrogen) atoms. The van der Waals surface area contributed by atoms with E-state index < -0.39 is 0 Å². The van der Waals surface area contributed by atoms with Crippen LogP contribution in [-0.2, 0) is 4.79 Å². The Kier molecular flexibility index (Phi) is 6.54. The number of carbonyl (C=O) groups excluding carboxylic acids is 1. The van der Waals surface area contributed by atoms with E-state index in [-0.39, 0.29) is 11.2 Å². The summed E-state index contributed by atoms with van der Waals surface area (Å²) in [5, 5.41) is 5.59. The number of aromatic nitrogens is 1. The number of aryl methyl sites for hydroxylation is 3. The van der Waals surface area contributed by atoms with E-state index in [1.54, 1.807) is 18.2 Å². The third-order valence-electron chi connectivity index (χ3n) is 4.55. The molecule has 1 atom stereocenters.